The van der Waals surface area contributed by atoms with E-state index < -0.39 is 0 Å². The zero-order chi connectivity index (χ0) is 9.26. The molecule has 0 bridgehead atoms. The molecule has 2 saturated carbocycles. The van der Waals surface area contributed by atoms with Crippen molar-refractivity contribution in [1.29, 1.82) is 0 Å². The molecule has 0 spiro atoms. The fourth-order valence-electron chi connectivity index (χ4n) is 2.83. The molecule has 3 atom stereocenters. The van der Waals surface area contributed by atoms with Crippen molar-refractivity contribution in [1.82, 2.24) is 0 Å². The second kappa shape index (κ2) is 4.00. The third-order valence-electron chi connectivity index (χ3n) is 3.97. The van der Waals surface area contributed by atoms with E-state index in [0.29, 0.717) is 5.92 Å². The van der Waals surface area contributed by atoms with Crippen LogP contribution in [0.1, 0.15) is 51.9 Å². The lowest BCUT2D eigenvalue weighted by molar-refractivity contribution is 0.106. The van der Waals surface area contributed by atoms with Crippen LogP contribution in [0.15, 0.2) is 0 Å². The lowest BCUT2D eigenvalue weighted by atomic mass is 9.84. The normalized spacial score (nSPS) is 37.4. The highest BCUT2D eigenvalue weighted by atomic mass is 16.3. The molecule has 0 amide bonds. The fraction of sp³-hybridized carbons (Fsp3) is 1.00. The van der Waals surface area contributed by atoms with Crippen LogP contribution in [0.5, 0.6) is 0 Å². The van der Waals surface area contributed by atoms with Crippen LogP contribution in [-0.4, -0.2) is 11.2 Å². The van der Waals surface area contributed by atoms with E-state index in [1.54, 1.807) is 0 Å². The molecule has 2 rings (SSSR count). The Hall–Kier alpha value is -0.0400. The summed E-state index contributed by atoms with van der Waals surface area (Å²) in [6.45, 7) is 2.26. The van der Waals surface area contributed by atoms with Gasteiger partial charge in [-0.1, -0.05) is 39.0 Å². The molecule has 0 aliphatic heterocycles. The second-order valence-electron chi connectivity index (χ2n) is 5.18. The van der Waals surface area contributed by atoms with E-state index in [2.05, 4.69) is 6.92 Å². The molecule has 0 heterocycles. The van der Waals surface area contributed by atoms with Gasteiger partial charge in [-0.15, -0.1) is 0 Å². The van der Waals surface area contributed by atoms with Crippen molar-refractivity contribution in [3.63, 3.8) is 0 Å². The number of aliphatic hydroxyl groups excluding tert-OH is 1. The largest absolute Gasteiger partial charge is 0.393 e. The van der Waals surface area contributed by atoms with E-state index in [9.17, 15) is 5.11 Å². The Morgan fingerprint density at radius 1 is 1.23 bits per heavy atom. The van der Waals surface area contributed by atoms with Crippen LogP contribution < -0.4 is 0 Å². The van der Waals surface area contributed by atoms with Crippen molar-refractivity contribution in [3.8, 4) is 0 Å². The maximum absolute atomic E-state index is 9.91. The lowest BCUT2D eigenvalue weighted by Crippen LogP contribution is -2.18. The summed E-state index contributed by atoms with van der Waals surface area (Å²) in [5, 5.41) is 9.91. The van der Waals surface area contributed by atoms with Gasteiger partial charge in [-0.05, 0) is 30.6 Å². The van der Waals surface area contributed by atoms with Gasteiger partial charge in [-0.3, -0.25) is 0 Å². The minimum Gasteiger partial charge on any atom is -0.393 e. The minimum atomic E-state index is 0.0260. The summed E-state index contributed by atoms with van der Waals surface area (Å²) < 4.78 is 0. The summed E-state index contributed by atoms with van der Waals surface area (Å²) in [4.78, 5) is 0. The standard InChI is InChI=1S/C12H22O/c1-9-7-11(9)12(13)8-10-5-3-2-4-6-10/h9-13H,2-8H2,1H3. The van der Waals surface area contributed by atoms with Gasteiger partial charge in [0.1, 0.15) is 0 Å². The van der Waals surface area contributed by atoms with Crippen LogP contribution in [0.4, 0.5) is 0 Å². The third kappa shape index (κ3) is 2.46. The first-order chi connectivity index (χ1) is 6.27. The van der Waals surface area contributed by atoms with E-state index in [-0.39, 0.29) is 6.10 Å². The summed E-state index contributed by atoms with van der Waals surface area (Å²) in [6.07, 6.45) is 9.36. The van der Waals surface area contributed by atoms with Gasteiger partial charge in [-0.25, -0.2) is 0 Å². The SMILES string of the molecule is CC1CC1C(O)CC1CCCCC1. The topological polar surface area (TPSA) is 20.2 Å². The Labute approximate surface area is 81.5 Å². The molecule has 2 aliphatic carbocycles. The summed E-state index contributed by atoms with van der Waals surface area (Å²) in [5.41, 5.74) is 0. The van der Waals surface area contributed by atoms with Gasteiger partial charge in [0.15, 0.2) is 0 Å². The predicted molar refractivity (Wildman–Crippen MR) is 54.5 cm³/mol. The summed E-state index contributed by atoms with van der Waals surface area (Å²) in [7, 11) is 0. The second-order valence-corrected chi connectivity index (χ2v) is 5.18. The van der Waals surface area contributed by atoms with E-state index in [1.165, 1.54) is 38.5 Å². The molecule has 76 valence electrons. The maximum atomic E-state index is 9.91. The van der Waals surface area contributed by atoms with E-state index in [4.69, 9.17) is 0 Å². The van der Waals surface area contributed by atoms with Crippen molar-refractivity contribution in [2.75, 3.05) is 0 Å². The molecular weight excluding hydrogens is 160 g/mol. The van der Waals surface area contributed by atoms with Crippen LogP contribution in [0, 0.1) is 17.8 Å². The molecule has 13 heavy (non-hydrogen) atoms. The van der Waals surface area contributed by atoms with E-state index in [1.807, 2.05) is 0 Å². The highest BCUT2D eigenvalue weighted by Gasteiger charge is 2.39. The molecule has 2 fully saturated rings. The summed E-state index contributed by atoms with van der Waals surface area (Å²) >= 11 is 0. The van der Waals surface area contributed by atoms with Gasteiger partial charge in [-0.2, -0.15) is 0 Å². The molecule has 0 aromatic rings. The molecule has 0 aromatic heterocycles. The number of hydrogen-bond acceptors (Lipinski definition) is 1. The highest BCUT2D eigenvalue weighted by Crippen LogP contribution is 2.43. The number of rotatable bonds is 3. The van der Waals surface area contributed by atoms with E-state index in [0.717, 1.165) is 18.3 Å². The molecule has 3 unspecified atom stereocenters. The fourth-order valence-corrected chi connectivity index (χ4v) is 2.83. The maximum Gasteiger partial charge on any atom is 0.0573 e. The first-order valence-electron chi connectivity index (χ1n) is 5.95. The molecule has 1 heteroatoms. The Morgan fingerprint density at radius 2 is 1.85 bits per heavy atom. The van der Waals surface area contributed by atoms with Gasteiger partial charge in [0.25, 0.3) is 0 Å². The minimum absolute atomic E-state index is 0.0260. The van der Waals surface area contributed by atoms with Crippen molar-refractivity contribution >= 4 is 0 Å². The van der Waals surface area contributed by atoms with Crippen molar-refractivity contribution < 1.29 is 5.11 Å². The average molecular weight is 182 g/mol. The van der Waals surface area contributed by atoms with Gasteiger partial charge in [0.05, 0.1) is 6.10 Å². The average Bonchev–Trinajstić information content (AvgIpc) is 2.84. The monoisotopic (exact) mass is 182 g/mol. The van der Waals surface area contributed by atoms with Crippen LogP contribution in [0.3, 0.4) is 0 Å². The highest BCUT2D eigenvalue weighted by molar-refractivity contribution is 4.89. The summed E-state index contributed by atoms with van der Waals surface area (Å²) in [6, 6.07) is 0. The van der Waals surface area contributed by atoms with E-state index >= 15 is 0 Å². The molecule has 1 N–H and O–H groups in total. The van der Waals surface area contributed by atoms with Crippen LogP contribution in [0.2, 0.25) is 0 Å². The van der Waals surface area contributed by atoms with Gasteiger partial charge in [0, 0.05) is 0 Å². The molecular formula is C12H22O. The molecule has 2 aliphatic rings. The Balaban J connectivity index is 1.70. The molecule has 0 saturated heterocycles. The lowest BCUT2D eigenvalue weighted by Gasteiger charge is -2.24. The zero-order valence-corrected chi connectivity index (χ0v) is 8.71. The quantitative estimate of drug-likeness (QED) is 0.711. The van der Waals surface area contributed by atoms with Gasteiger partial charge < -0.3 is 5.11 Å². The first-order valence-corrected chi connectivity index (χ1v) is 5.95. The molecule has 1 nitrogen and oxygen atoms in total. The van der Waals surface area contributed by atoms with Crippen LogP contribution >= 0.6 is 0 Å². The Morgan fingerprint density at radius 3 is 2.38 bits per heavy atom. The number of hydrogen-bond donors (Lipinski definition) is 1. The Kier molecular flexibility index (Phi) is 2.92. The Bertz CT molecular complexity index is 161. The van der Waals surface area contributed by atoms with Crippen LogP contribution in [-0.2, 0) is 0 Å². The summed E-state index contributed by atoms with van der Waals surface area (Å²) in [5.74, 6) is 2.30. The smallest absolute Gasteiger partial charge is 0.0573 e. The number of aliphatic hydroxyl groups is 1. The van der Waals surface area contributed by atoms with Gasteiger partial charge >= 0.3 is 0 Å². The van der Waals surface area contributed by atoms with Crippen molar-refractivity contribution in [2.24, 2.45) is 17.8 Å². The predicted octanol–water partition coefficient (Wildman–Crippen LogP) is 2.97. The van der Waals surface area contributed by atoms with Crippen molar-refractivity contribution in [2.45, 2.75) is 58.0 Å². The van der Waals surface area contributed by atoms with Crippen molar-refractivity contribution in [3.05, 3.63) is 0 Å². The zero-order valence-electron chi connectivity index (χ0n) is 8.71. The van der Waals surface area contributed by atoms with Gasteiger partial charge in [0.2, 0.25) is 0 Å². The van der Waals surface area contributed by atoms with Crippen LogP contribution in [0.25, 0.3) is 0 Å². The molecule has 0 radical (unpaired) electrons. The third-order valence-corrected chi connectivity index (χ3v) is 3.97. The molecule has 0 aromatic carbocycles. The first kappa shape index (κ1) is 9.51.